The number of benzene rings is 4. The summed E-state index contributed by atoms with van der Waals surface area (Å²) in [4.78, 5) is 0. The van der Waals surface area contributed by atoms with Crippen LogP contribution in [0.4, 0.5) is 0 Å². The van der Waals surface area contributed by atoms with Gasteiger partial charge in [0.15, 0.2) is 0 Å². The summed E-state index contributed by atoms with van der Waals surface area (Å²) in [5.41, 5.74) is 1.73. The van der Waals surface area contributed by atoms with E-state index in [0.717, 1.165) is 53.9 Å². The molecule has 130 valence electrons. The molecular weight excluding hydrogens is 336 g/mol. The SMILES string of the molecule is CO[C-]=c1ccc2ccc3oc4ccc5ccc(=C=[O+]C)cc5c4c3c2c1. The summed E-state index contributed by atoms with van der Waals surface area (Å²) in [5.74, 6) is 2.91. The highest BCUT2D eigenvalue weighted by atomic mass is 16.5. The topological polar surface area (TPSA) is 33.7 Å². The molecule has 0 aliphatic heterocycles. The van der Waals surface area contributed by atoms with Crippen LogP contribution in [0, 0.1) is 0 Å². The molecule has 0 atom stereocenters. The van der Waals surface area contributed by atoms with E-state index in [1.54, 1.807) is 14.2 Å². The first-order valence-electron chi connectivity index (χ1n) is 8.68. The average molecular weight is 352 g/mol. The lowest BCUT2D eigenvalue weighted by atomic mass is 9.99. The Morgan fingerprint density at radius 1 is 0.852 bits per heavy atom. The van der Waals surface area contributed by atoms with Gasteiger partial charge in [-0.05, 0) is 46.7 Å². The van der Waals surface area contributed by atoms with E-state index >= 15 is 0 Å². The highest BCUT2D eigenvalue weighted by Gasteiger charge is 2.12. The van der Waals surface area contributed by atoms with Crippen LogP contribution in [-0.4, -0.2) is 20.2 Å². The van der Waals surface area contributed by atoms with E-state index < -0.39 is 0 Å². The van der Waals surface area contributed by atoms with Crippen LogP contribution in [-0.2, 0) is 9.16 Å². The van der Waals surface area contributed by atoms with E-state index in [-0.39, 0.29) is 0 Å². The van der Waals surface area contributed by atoms with Gasteiger partial charge in [-0.25, -0.2) is 4.42 Å². The number of methoxy groups -OCH3 is 1. The van der Waals surface area contributed by atoms with Gasteiger partial charge in [-0.15, -0.1) is 6.07 Å². The number of hydrogen-bond donors (Lipinski definition) is 0. The second-order valence-electron chi connectivity index (χ2n) is 6.46. The van der Waals surface area contributed by atoms with Crippen LogP contribution >= 0.6 is 0 Å². The molecule has 0 spiro atoms. The number of furan rings is 1. The van der Waals surface area contributed by atoms with E-state index in [4.69, 9.17) is 13.6 Å². The van der Waals surface area contributed by atoms with E-state index in [9.17, 15) is 0 Å². The predicted octanol–water partition coefficient (Wildman–Crippen LogP) is 3.82. The highest BCUT2D eigenvalue weighted by Crippen LogP contribution is 2.37. The normalized spacial score (nSPS) is 12.1. The molecule has 0 N–H and O–H groups in total. The van der Waals surface area contributed by atoms with E-state index in [0.29, 0.717) is 0 Å². The first-order chi connectivity index (χ1) is 13.3. The maximum Gasteiger partial charge on any atom is 0.352 e. The van der Waals surface area contributed by atoms with Crippen molar-refractivity contribution >= 4 is 55.7 Å². The molecule has 27 heavy (non-hydrogen) atoms. The van der Waals surface area contributed by atoms with Gasteiger partial charge < -0.3 is 9.15 Å². The van der Waals surface area contributed by atoms with Gasteiger partial charge >= 0.3 is 5.94 Å². The van der Waals surface area contributed by atoms with Crippen LogP contribution in [0.5, 0.6) is 0 Å². The first kappa shape index (κ1) is 15.7. The van der Waals surface area contributed by atoms with Crippen molar-refractivity contribution in [1.82, 2.24) is 0 Å². The number of ether oxygens (including phenoxy) is 1. The molecule has 1 aromatic heterocycles. The van der Waals surface area contributed by atoms with Gasteiger partial charge in [0.1, 0.15) is 16.4 Å². The molecule has 0 fully saturated rings. The second kappa shape index (κ2) is 6.01. The number of fused-ring (bicyclic) bond motifs is 7. The predicted molar refractivity (Wildman–Crippen MR) is 109 cm³/mol. The smallest absolute Gasteiger partial charge is 0.352 e. The molecule has 0 saturated carbocycles. The molecule has 0 saturated heterocycles. The summed E-state index contributed by atoms with van der Waals surface area (Å²) in [6.45, 7) is 0. The fourth-order valence-electron chi connectivity index (χ4n) is 3.77. The third-order valence-corrected chi connectivity index (χ3v) is 4.88. The molecule has 0 aliphatic rings. The molecule has 0 aliphatic carbocycles. The summed E-state index contributed by atoms with van der Waals surface area (Å²) in [5, 5.41) is 8.52. The van der Waals surface area contributed by atoms with E-state index in [1.165, 1.54) is 0 Å². The molecule has 4 aromatic carbocycles. The largest absolute Gasteiger partial charge is 0.563 e. The van der Waals surface area contributed by atoms with Gasteiger partial charge in [-0.3, -0.25) is 0 Å². The maximum absolute atomic E-state index is 6.17. The molecule has 5 aromatic rings. The quantitative estimate of drug-likeness (QED) is 0.339. The molecule has 0 bridgehead atoms. The zero-order chi connectivity index (χ0) is 18.4. The summed E-state index contributed by atoms with van der Waals surface area (Å²) in [6.07, 6.45) is 2.91. The van der Waals surface area contributed by atoms with Crippen molar-refractivity contribution in [3.8, 4) is 0 Å². The van der Waals surface area contributed by atoms with Gasteiger partial charge in [-0.2, -0.15) is 17.4 Å². The molecular formula is C24H16O3. The lowest BCUT2D eigenvalue weighted by molar-refractivity contribution is 0.188. The van der Waals surface area contributed by atoms with Crippen molar-refractivity contribution in [2.75, 3.05) is 14.2 Å². The standard InChI is InChI=1S/C24H16O3/c1-25-13-15-3-5-17-7-9-21-23(19(17)11-15)24-20-12-16(14-26-2)4-6-18(20)8-10-22(24)27-21/h3-12H,1-2H3. The first-order valence-corrected chi connectivity index (χ1v) is 8.68. The molecule has 1 heterocycles. The van der Waals surface area contributed by atoms with Crippen LogP contribution in [0.1, 0.15) is 0 Å². The summed E-state index contributed by atoms with van der Waals surface area (Å²) < 4.78 is 16.3. The average Bonchev–Trinajstić information content (AvgIpc) is 3.08. The summed E-state index contributed by atoms with van der Waals surface area (Å²) in [6, 6.07) is 20.6. The van der Waals surface area contributed by atoms with Crippen molar-refractivity contribution < 1.29 is 13.6 Å². The van der Waals surface area contributed by atoms with Crippen LogP contribution < -0.4 is 10.4 Å². The lowest BCUT2D eigenvalue weighted by Crippen LogP contribution is -2.01. The second-order valence-corrected chi connectivity index (χ2v) is 6.46. The Labute approximate surface area is 155 Å². The van der Waals surface area contributed by atoms with Crippen molar-refractivity contribution in [1.29, 1.82) is 0 Å². The van der Waals surface area contributed by atoms with Crippen LogP contribution in [0.3, 0.4) is 0 Å². The minimum Gasteiger partial charge on any atom is -0.563 e. The Kier molecular flexibility index (Phi) is 3.49. The molecule has 0 radical (unpaired) electrons. The fraction of sp³-hybridized carbons (Fsp3) is 0.0833. The van der Waals surface area contributed by atoms with Crippen molar-refractivity contribution in [3.63, 3.8) is 0 Å². The summed E-state index contributed by atoms with van der Waals surface area (Å²) in [7, 11) is 3.21. The monoisotopic (exact) mass is 352 g/mol. The Morgan fingerprint density at radius 2 is 1.48 bits per heavy atom. The Balaban J connectivity index is 2.07. The maximum atomic E-state index is 6.17. The third-order valence-electron chi connectivity index (χ3n) is 4.88. The molecule has 0 amide bonds. The Hall–Kier alpha value is -3.55. The Bertz CT molecular complexity index is 1500. The fourth-order valence-corrected chi connectivity index (χ4v) is 3.77. The van der Waals surface area contributed by atoms with Crippen molar-refractivity contribution in [2.45, 2.75) is 0 Å². The number of hydrogen-bond acceptors (Lipinski definition) is 2. The van der Waals surface area contributed by atoms with Crippen LogP contribution in [0.15, 0.2) is 65.1 Å². The zero-order valence-electron chi connectivity index (χ0n) is 15.0. The minimum absolute atomic E-state index is 0.865. The van der Waals surface area contributed by atoms with E-state index in [1.807, 2.05) is 24.3 Å². The molecule has 0 unspecified atom stereocenters. The highest BCUT2D eigenvalue weighted by molar-refractivity contribution is 6.26. The van der Waals surface area contributed by atoms with Gasteiger partial charge in [-0.1, -0.05) is 23.6 Å². The van der Waals surface area contributed by atoms with Crippen molar-refractivity contribution in [3.05, 3.63) is 71.1 Å². The minimum atomic E-state index is 0.865. The van der Waals surface area contributed by atoms with Gasteiger partial charge in [0.05, 0.1) is 7.11 Å². The molecule has 3 heteroatoms. The molecule has 5 rings (SSSR count). The Morgan fingerprint density at radius 3 is 2.15 bits per heavy atom. The van der Waals surface area contributed by atoms with Crippen molar-refractivity contribution in [2.24, 2.45) is 0 Å². The number of carbonyl (C=O) groups excluding carboxylic acids is 1. The van der Waals surface area contributed by atoms with Gasteiger partial charge in [0, 0.05) is 10.8 Å². The lowest BCUT2D eigenvalue weighted by Gasteiger charge is -2.06. The van der Waals surface area contributed by atoms with Crippen LogP contribution in [0.2, 0.25) is 0 Å². The molecule has 3 nitrogen and oxygen atoms in total. The van der Waals surface area contributed by atoms with Crippen LogP contribution in [0.25, 0.3) is 49.7 Å². The third kappa shape index (κ3) is 2.41. The zero-order valence-corrected chi connectivity index (χ0v) is 15.0. The van der Waals surface area contributed by atoms with Gasteiger partial charge in [0.25, 0.3) is 7.11 Å². The number of rotatable bonds is 1. The van der Waals surface area contributed by atoms with Gasteiger partial charge in [0.2, 0.25) is 0 Å². The summed E-state index contributed by atoms with van der Waals surface area (Å²) >= 11 is 0. The van der Waals surface area contributed by atoms with E-state index in [2.05, 4.69) is 48.6 Å².